The lowest BCUT2D eigenvalue weighted by Crippen LogP contribution is -2.21. The van der Waals surface area contributed by atoms with Crippen LogP contribution in [-0.2, 0) is 16.0 Å². The van der Waals surface area contributed by atoms with Crippen LogP contribution in [-0.4, -0.2) is 35.2 Å². The monoisotopic (exact) mass is 400 g/mol. The van der Waals surface area contributed by atoms with E-state index in [2.05, 4.69) is 4.98 Å². The third-order valence-corrected chi connectivity index (χ3v) is 5.42. The Kier molecular flexibility index (Phi) is 5.89. The van der Waals surface area contributed by atoms with E-state index in [1.165, 1.54) is 18.0 Å². The molecule has 0 aliphatic carbocycles. The zero-order valence-electron chi connectivity index (χ0n) is 15.9. The van der Waals surface area contributed by atoms with Gasteiger partial charge in [0, 0.05) is 0 Å². The zero-order chi connectivity index (χ0) is 20.3. The van der Waals surface area contributed by atoms with Gasteiger partial charge in [-0.25, -0.2) is 14.6 Å². The van der Waals surface area contributed by atoms with E-state index in [1.807, 2.05) is 13.0 Å². The number of hydrogen-bond donors (Lipinski definition) is 0. The van der Waals surface area contributed by atoms with Crippen LogP contribution in [0.3, 0.4) is 0 Å². The maximum atomic E-state index is 12.9. The summed E-state index contributed by atoms with van der Waals surface area (Å²) in [5.41, 5.74) is 1.53. The summed E-state index contributed by atoms with van der Waals surface area (Å²) < 4.78 is 11.4. The van der Waals surface area contributed by atoms with E-state index in [9.17, 15) is 14.4 Å². The number of esters is 2. The predicted octanol–water partition coefficient (Wildman–Crippen LogP) is 3.17. The van der Waals surface area contributed by atoms with Gasteiger partial charge in [0.2, 0.25) is 0 Å². The van der Waals surface area contributed by atoms with E-state index < -0.39 is 5.97 Å². The molecule has 0 N–H and O–H groups in total. The summed E-state index contributed by atoms with van der Waals surface area (Å²) in [5, 5.41) is 0.409. The Hall–Kier alpha value is -3.00. The number of thiophene rings is 1. The average Bonchev–Trinajstić information content (AvgIpc) is 3.05. The molecule has 28 heavy (non-hydrogen) atoms. The van der Waals surface area contributed by atoms with Crippen LogP contribution in [0.25, 0.3) is 10.2 Å². The molecule has 0 amide bonds. The second kappa shape index (κ2) is 8.35. The summed E-state index contributed by atoms with van der Waals surface area (Å²) >= 11 is 1.14. The number of nitrogens with zero attached hydrogens (tertiary/aromatic N) is 2. The number of carbonyl (C=O) groups is 2. The predicted molar refractivity (Wildman–Crippen MR) is 106 cm³/mol. The number of benzene rings is 1. The van der Waals surface area contributed by atoms with Crippen molar-refractivity contribution >= 4 is 33.5 Å². The van der Waals surface area contributed by atoms with E-state index in [-0.39, 0.29) is 18.1 Å². The number of carbonyl (C=O) groups excluding carboxylic acids is 2. The van der Waals surface area contributed by atoms with Crippen molar-refractivity contribution in [3.8, 4) is 0 Å². The van der Waals surface area contributed by atoms with Crippen LogP contribution < -0.4 is 5.56 Å². The first-order chi connectivity index (χ1) is 13.5. The van der Waals surface area contributed by atoms with Crippen molar-refractivity contribution in [2.75, 3.05) is 13.7 Å². The van der Waals surface area contributed by atoms with Crippen LogP contribution in [0.2, 0.25) is 0 Å². The van der Waals surface area contributed by atoms with Gasteiger partial charge in [-0.3, -0.25) is 9.36 Å². The van der Waals surface area contributed by atoms with Gasteiger partial charge in [-0.15, -0.1) is 11.3 Å². The SMILES string of the molecule is CCCOC(=O)c1cccc(Cn2cnc3sc(C(=O)OC)c(C)c3c2=O)c1. The van der Waals surface area contributed by atoms with E-state index in [0.717, 1.165) is 23.3 Å². The van der Waals surface area contributed by atoms with Crippen LogP contribution >= 0.6 is 11.3 Å². The van der Waals surface area contributed by atoms with Crippen molar-refractivity contribution in [2.45, 2.75) is 26.8 Å². The highest BCUT2D eigenvalue weighted by Crippen LogP contribution is 2.27. The van der Waals surface area contributed by atoms with Crippen LogP contribution in [0.5, 0.6) is 0 Å². The van der Waals surface area contributed by atoms with E-state index in [0.29, 0.717) is 32.8 Å². The van der Waals surface area contributed by atoms with Crippen LogP contribution in [0.4, 0.5) is 0 Å². The number of ether oxygens (including phenoxy) is 2. The molecule has 146 valence electrons. The van der Waals surface area contributed by atoms with Crippen molar-refractivity contribution in [1.82, 2.24) is 9.55 Å². The molecule has 3 aromatic rings. The van der Waals surface area contributed by atoms with Crippen LogP contribution in [0, 0.1) is 6.92 Å². The highest BCUT2D eigenvalue weighted by atomic mass is 32.1. The lowest BCUT2D eigenvalue weighted by molar-refractivity contribution is 0.0504. The molecule has 0 aliphatic rings. The van der Waals surface area contributed by atoms with Gasteiger partial charge in [0.15, 0.2) is 0 Å². The fourth-order valence-electron chi connectivity index (χ4n) is 2.83. The number of aryl methyl sites for hydroxylation is 1. The molecule has 0 unspecified atom stereocenters. The molecular formula is C20H20N2O5S. The quantitative estimate of drug-likeness (QED) is 0.591. The number of hydrogen-bond acceptors (Lipinski definition) is 7. The van der Waals surface area contributed by atoms with Crippen molar-refractivity contribution in [3.05, 3.63) is 62.5 Å². The summed E-state index contributed by atoms with van der Waals surface area (Å²) in [6.07, 6.45) is 2.20. The van der Waals surface area contributed by atoms with Gasteiger partial charge >= 0.3 is 11.9 Å². The Bertz CT molecular complexity index is 1100. The average molecular weight is 400 g/mol. The molecule has 8 heteroatoms. The molecule has 1 aromatic carbocycles. The number of fused-ring (bicyclic) bond motifs is 1. The smallest absolute Gasteiger partial charge is 0.348 e. The summed E-state index contributed by atoms with van der Waals surface area (Å²) in [5.74, 6) is -0.870. The Morgan fingerprint density at radius 1 is 1.25 bits per heavy atom. The molecule has 0 saturated carbocycles. The Balaban J connectivity index is 1.94. The second-order valence-electron chi connectivity index (χ2n) is 6.24. The highest BCUT2D eigenvalue weighted by molar-refractivity contribution is 7.20. The maximum Gasteiger partial charge on any atom is 0.348 e. The molecule has 3 rings (SSSR count). The van der Waals surface area contributed by atoms with E-state index >= 15 is 0 Å². The van der Waals surface area contributed by atoms with E-state index in [1.54, 1.807) is 25.1 Å². The van der Waals surface area contributed by atoms with Gasteiger partial charge in [-0.05, 0) is 36.6 Å². The van der Waals surface area contributed by atoms with Gasteiger partial charge in [0.1, 0.15) is 9.71 Å². The zero-order valence-corrected chi connectivity index (χ0v) is 16.7. The number of aromatic nitrogens is 2. The molecule has 0 fully saturated rings. The molecule has 0 atom stereocenters. The summed E-state index contributed by atoms with van der Waals surface area (Å²) in [6.45, 7) is 4.25. The summed E-state index contributed by atoms with van der Waals surface area (Å²) in [4.78, 5) is 42.0. The molecule has 0 spiro atoms. The Morgan fingerprint density at radius 2 is 2.04 bits per heavy atom. The van der Waals surface area contributed by atoms with Gasteiger partial charge in [-0.2, -0.15) is 0 Å². The minimum Gasteiger partial charge on any atom is -0.465 e. The van der Waals surface area contributed by atoms with Crippen molar-refractivity contribution < 1.29 is 19.1 Å². The Labute approximate surface area is 165 Å². The molecule has 0 aliphatic heterocycles. The number of methoxy groups -OCH3 is 1. The second-order valence-corrected chi connectivity index (χ2v) is 7.24. The first-order valence-electron chi connectivity index (χ1n) is 8.79. The normalized spacial score (nSPS) is 10.8. The fourth-order valence-corrected chi connectivity index (χ4v) is 3.89. The van der Waals surface area contributed by atoms with E-state index in [4.69, 9.17) is 9.47 Å². The van der Waals surface area contributed by atoms with Crippen LogP contribution in [0.1, 0.15) is 44.5 Å². The van der Waals surface area contributed by atoms with Crippen LogP contribution in [0.15, 0.2) is 35.4 Å². The van der Waals surface area contributed by atoms with Gasteiger partial charge in [0.05, 0.1) is 37.5 Å². The fraction of sp³-hybridized carbons (Fsp3) is 0.300. The standard InChI is InChI=1S/C20H20N2O5S/c1-4-8-27-19(24)14-7-5-6-13(9-14)10-22-11-21-17-15(18(22)23)12(2)16(28-17)20(25)26-3/h5-7,9,11H,4,8,10H2,1-3H3. The van der Waals surface area contributed by atoms with Gasteiger partial charge in [-0.1, -0.05) is 19.1 Å². The van der Waals surface area contributed by atoms with Gasteiger partial charge < -0.3 is 9.47 Å². The molecule has 0 radical (unpaired) electrons. The molecule has 0 bridgehead atoms. The topological polar surface area (TPSA) is 87.5 Å². The highest BCUT2D eigenvalue weighted by Gasteiger charge is 2.20. The molecule has 2 aromatic heterocycles. The van der Waals surface area contributed by atoms with Crippen molar-refractivity contribution in [3.63, 3.8) is 0 Å². The largest absolute Gasteiger partial charge is 0.465 e. The van der Waals surface area contributed by atoms with Crippen molar-refractivity contribution in [1.29, 1.82) is 0 Å². The molecule has 0 saturated heterocycles. The maximum absolute atomic E-state index is 12.9. The lowest BCUT2D eigenvalue weighted by Gasteiger charge is -2.08. The minimum absolute atomic E-state index is 0.243. The molecular weight excluding hydrogens is 380 g/mol. The number of rotatable bonds is 6. The van der Waals surface area contributed by atoms with Gasteiger partial charge in [0.25, 0.3) is 5.56 Å². The summed E-state index contributed by atoms with van der Waals surface area (Å²) in [6, 6.07) is 6.96. The van der Waals surface area contributed by atoms with Crippen molar-refractivity contribution in [2.24, 2.45) is 0 Å². The molecule has 7 nitrogen and oxygen atoms in total. The third-order valence-electron chi connectivity index (χ3n) is 4.24. The minimum atomic E-state index is -0.482. The Morgan fingerprint density at radius 3 is 2.75 bits per heavy atom. The first-order valence-corrected chi connectivity index (χ1v) is 9.60. The molecule has 2 heterocycles. The summed E-state index contributed by atoms with van der Waals surface area (Å²) in [7, 11) is 1.30. The first kappa shape index (κ1) is 19.8. The lowest BCUT2D eigenvalue weighted by atomic mass is 10.1. The third kappa shape index (κ3) is 3.82.